The number of rotatable bonds is 3. The number of phenolic OH excluding ortho intramolecular Hbond substituents is 1. The summed E-state index contributed by atoms with van der Waals surface area (Å²) < 4.78 is 43.9. The summed E-state index contributed by atoms with van der Waals surface area (Å²) in [4.78, 5) is 0. The maximum Gasteiger partial charge on any atom is 0.296 e. The van der Waals surface area contributed by atoms with Crippen LogP contribution in [0.3, 0.4) is 0 Å². The Kier molecular flexibility index (Phi) is 7.70. The van der Waals surface area contributed by atoms with E-state index in [4.69, 9.17) is 9.05 Å². The fraction of sp³-hybridized carbons (Fsp3) is 0.118. The summed E-state index contributed by atoms with van der Waals surface area (Å²) in [6.45, 7) is 4.00. The Bertz CT molecular complexity index is 1720. The maximum absolute atomic E-state index is 15.5. The predicted octanol–water partition coefficient (Wildman–Crippen LogP) is 9.38. The van der Waals surface area contributed by atoms with Crippen LogP contribution in [0.2, 0.25) is 0 Å². The predicted molar refractivity (Wildman–Crippen MR) is 168 cm³/mol. The SMILES string of the molecule is C.CC.O=P1(C(c2ccccc2O)P2(=O)Oc3ccccc3-c3ccccc32)Oc2ccccc2-c2ccccc21. The molecule has 1 N–H and O–H groups in total. The van der Waals surface area contributed by atoms with Crippen molar-refractivity contribution in [1.82, 2.24) is 0 Å². The van der Waals surface area contributed by atoms with Gasteiger partial charge >= 0.3 is 0 Å². The van der Waals surface area contributed by atoms with E-state index in [-0.39, 0.29) is 18.7 Å². The van der Waals surface area contributed by atoms with E-state index in [1.165, 1.54) is 6.07 Å². The molecule has 2 unspecified atom stereocenters. The lowest BCUT2D eigenvalue weighted by Gasteiger charge is -2.39. The van der Waals surface area contributed by atoms with Crippen LogP contribution in [0.5, 0.6) is 17.2 Å². The van der Waals surface area contributed by atoms with E-state index in [0.717, 1.165) is 22.3 Å². The van der Waals surface area contributed by atoms with Gasteiger partial charge in [-0.3, -0.25) is 9.13 Å². The summed E-state index contributed by atoms with van der Waals surface area (Å²) >= 11 is 0. The Morgan fingerprint density at radius 2 is 0.902 bits per heavy atom. The van der Waals surface area contributed by atoms with E-state index >= 15 is 9.13 Å². The van der Waals surface area contributed by atoms with Crippen molar-refractivity contribution in [3.05, 3.63) is 127 Å². The number of phenols is 1. The Morgan fingerprint density at radius 3 is 1.37 bits per heavy atom. The first-order valence-corrected chi connectivity index (χ1v) is 16.6. The zero-order valence-corrected chi connectivity index (χ0v) is 23.9. The molecule has 0 fully saturated rings. The Morgan fingerprint density at radius 1 is 0.537 bits per heavy atom. The number of para-hydroxylation sites is 3. The third-order valence-corrected chi connectivity index (χ3v) is 13.9. The zero-order chi connectivity index (χ0) is 27.9. The highest BCUT2D eigenvalue weighted by molar-refractivity contribution is 7.84. The third-order valence-electron chi connectivity index (χ3n) is 7.16. The quantitative estimate of drug-likeness (QED) is 0.215. The van der Waals surface area contributed by atoms with Crippen molar-refractivity contribution in [3.63, 3.8) is 0 Å². The van der Waals surface area contributed by atoms with Gasteiger partial charge in [0, 0.05) is 16.7 Å². The van der Waals surface area contributed by atoms with Gasteiger partial charge in [0.05, 0.1) is 10.6 Å². The second-order valence-electron chi connectivity index (χ2n) is 9.34. The molecule has 0 saturated heterocycles. The highest BCUT2D eigenvalue weighted by Crippen LogP contribution is 2.79. The fourth-order valence-corrected chi connectivity index (χ4v) is 12.8. The van der Waals surface area contributed by atoms with Crippen LogP contribution in [-0.4, -0.2) is 5.11 Å². The Hall–Kier alpha value is -4.04. The number of aromatic hydroxyl groups is 1. The van der Waals surface area contributed by atoms with Gasteiger partial charge in [-0.1, -0.05) is 112 Å². The van der Waals surface area contributed by atoms with Crippen molar-refractivity contribution in [2.24, 2.45) is 0 Å². The van der Waals surface area contributed by atoms with Crippen LogP contribution < -0.4 is 19.7 Å². The van der Waals surface area contributed by atoms with Crippen LogP contribution in [0.25, 0.3) is 22.3 Å². The molecule has 0 amide bonds. The molecule has 0 aliphatic carbocycles. The van der Waals surface area contributed by atoms with Crippen LogP contribution in [0.15, 0.2) is 121 Å². The lowest BCUT2D eigenvalue weighted by atomic mass is 10.0. The van der Waals surface area contributed by atoms with Gasteiger partial charge in [-0.2, -0.15) is 0 Å². The highest BCUT2D eigenvalue weighted by atomic mass is 31.2. The van der Waals surface area contributed by atoms with Crippen LogP contribution in [0, 0.1) is 0 Å². The second-order valence-corrected chi connectivity index (χ2v) is 14.5. The molecule has 7 heteroatoms. The molecule has 7 rings (SSSR count). The summed E-state index contributed by atoms with van der Waals surface area (Å²) in [5.41, 5.74) is 3.35. The van der Waals surface area contributed by atoms with Gasteiger partial charge in [0.2, 0.25) is 0 Å². The molecule has 2 aliphatic heterocycles. The van der Waals surface area contributed by atoms with Crippen molar-refractivity contribution < 1.29 is 23.3 Å². The minimum absolute atomic E-state index is 0. The molecular weight excluding hydrogens is 550 g/mol. The van der Waals surface area contributed by atoms with E-state index in [1.807, 2.05) is 74.5 Å². The monoisotopic (exact) mass is 582 g/mol. The van der Waals surface area contributed by atoms with Crippen molar-refractivity contribution in [3.8, 4) is 39.5 Å². The molecule has 0 radical (unpaired) electrons. The molecule has 2 atom stereocenters. The molecule has 2 heterocycles. The van der Waals surface area contributed by atoms with Gasteiger partial charge in [0.15, 0.2) is 5.40 Å². The van der Waals surface area contributed by atoms with Gasteiger partial charge in [-0.05, 0) is 41.5 Å². The van der Waals surface area contributed by atoms with E-state index in [1.54, 1.807) is 54.6 Å². The highest BCUT2D eigenvalue weighted by Gasteiger charge is 2.57. The summed E-state index contributed by atoms with van der Waals surface area (Å²) in [6, 6.07) is 36.0. The van der Waals surface area contributed by atoms with Crippen molar-refractivity contribution >= 4 is 25.3 Å². The van der Waals surface area contributed by atoms with E-state index in [2.05, 4.69) is 0 Å². The first-order chi connectivity index (χ1) is 19.5. The molecule has 5 nitrogen and oxygen atoms in total. The van der Waals surface area contributed by atoms with Crippen LogP contribution in [-0.2, 0) is 9.13 Å². The normalized spacial score (nSPS) is 20.0. The van der Waals surface area contributed by atoms with Crippen LogP contribution in [0.4, 0.5) is 0 Å². The average Bonchev–Trinajstić information content (AvgIpc) is 3.00. The summed E-state index contributed by atoms with van der Waals surface area (Å²) in [5.74, 6) is 0.752. The zero-order valence-electron chi connectivity index (χ0n) is 22.1. The molecule has 41 heavy (non-hydrogen) atoms. The molecule has 0 spiro atoms. The van der Waals surface area contributed by atoms with E-state index < -0.39 is 20.1 Å². The van der Waals surface area contributed by atoms with Crippen LogP contribution in [0.1, 0.15) is 32.2 Å². The van der Waals surface area contributed by atoms with Gasteiger partial charge in [0.1, 0.15) is 17.2 Å². The first-order valence-electron chi connectivity index (χ1n) is 13.3. The van der Waals surface area contributed by atoms with Gasteiger partial charge in [-0.15, -0.1) is 0 Å². The van der Waals surface area contributed by atoms with Crippen molar-refractivity contribution in [1.29, 1.82) is 0 Å². The lowest BCUT2D eigenvalue weighted by Crippen LogP contribution is -2.28. The Labute approximate surface area is 241 Å². The molecule has 0 saturated carbocycles. The smallest absolute Gasteiger partial charge is 0.296 e. The van der Waals surface area contributed by atoms with Crippen molar-refractivity contribution in [2.45, 2.75) is 26.7 Å². The van der Waals surface area contributed by atoms with E-state index in [0.29, 0.717) is 22.1 Å². The number of hydrogen-bond acceptors (Lipinski definition) is 5. The van der Waals surface area contributed by atoms with Crippen LogP contribution >= 0.6 is 14.7 Å². The summed E-state index contributed by atoms with van der Waals surface area (Å²) in [5, 5.41) is 10.7. The number of hydrogen-bond donors (Lipinski definition) is 1. The van der Waals surface area contributed by atoms with Gasteiger partial charge in [-0.25, -0.2) is 0 Å². The minimum Gasteiger partial charge on any atom is -0.508 e. The number of benzene rings is 5. The van der Waals surface area contributed by atoms with Crippen molar-refractivity contribution in [2.75, 3.05) is 0 Å². The third kappa shape index (κ3) is 4.41. The molecule has 0 bridgehead atoms. The molecular formula is C34H32O5P2. The minimum atomic E-state index is -4.04. The summed E-state index contributed by atoms with van der Waals surface area (Å²) in [6.07, 6.45) is 0. The standard InChI is InChI=1S/C31H22O5P2.C2H6.CH4/c32-26-16-6-1-15-25(26)31(37(33)29-19-9-4-13-23(29)21-11-2-7-17-27(21)35-37)38(34)30-20-10-5-14-24(30)22-12-3-8-18-28(22)36-38;1-2;/h1-20,31-32H;1-2H3;1H4. The largest absolute Gasteiger partial charge is 0.508 e. The van der Waals surface area contributed by atoms with Gasteiger partial charge < -0.3 is 14.2 Å². The lowest BCUT2D eigenvalue weighted by molar-refractivity contribution is 0.451. The fourth-order valence-electron chi connectivity index (χ4n) is 5.51. The maximum atomic E-state index is 15.5. The molecule has 2 aliphatic rings. The second kappa shape index (κ2) is 11.1. The molecule has 5 aromatic carbocycles. The summed E-state index contributed by atoms with van der Waals surface area (Å²) in [7, 11) is -8.09. The number of fused-ring (bicyclic) bond motifs is 6. The molecule has 0 aromatic heterocycles. The molecule has 208 valence electrons. The van der Waals surface area contributed by atoms with E-state index in [9.17, 15) is 5.11 Å². The molecule has 5 aromatic rings. The first kappa shape index (κ1) is 28.5. The topological polar surface area (TPSA) is 72.8 Å². The van der Waals surface area contributed by atoms with Gasteiger partial charge in [0.25, 0.3) is 14.7 Å². The Balaban J connectivity index is 0.00000110. The average molecular weight is 583 g/mol.